The van der Waals surface area contributed by atoms with Crippen molar-refractivity contribution < 1.29 is 53.1 Å². The molecule has 1 rings (SSSR count). The van der Waals surface area contributed by atoms with Gasteiger partial charge in [-0.05, 0) is 11.6 Å². The lowest BCUT2D eigenvalue weighted by molar-refractivity contribution is -0.341. The van der Waals surface area contributed by atoms with E-state index in [1.807, 2.05) is 0 Å². The molecule has 0 saturated heterocycles. The number of carbonyl (C=O) groups is 1. The predicted octanol–water partition coefficient (Wildman–Crippen LogP) is 3.65. The Bertz CT molecular complexity index is 456. The van der Waals surface area contributed by atoms with Gasteiger partial charge in [-0.25, -0.2) is 8.78 Å². The van der Waals surface area contributed by atoms with Crippen molar-refractivity contribution in [3.63, 3.8) is 0 Å². The second-order valence-corrected chi connectivity index (χ2v) is 4.15. The number of alkyl halides is 11. The SMILES string of the molecule is O=C(Cl)C1(F)C(F)(F)C(F)(F)C(F)(F)C1(F)C(F)(F)F. The predicted molar refractivity (Wildman–Crippen MR) is 39.4 cm³/mol. The van der Waals surface area contributed by atoms with Gasteiger partial charge >= 0.3 is 35.3 Å². The molecule has 0 heterocycles. The van der Waals surface area contributed by atoms with Crippen LogP contribution >= 0.6 is 11.6 Å². The van der Waals surface area contributed by atoms with E-state index in [0.717, 1.165) is 0 Å². The van der Waals surface area contributed by atoms with Gasteiger partial charge < -0.3 is 0 Å². The summed E-state index contributed by atoms with van der Waals surface area (Å²) in [4.78, 5) is 10.3. The van der Waals surface area contributed by atoms with E-state index in [2.05, 4.69) is 11.6 Å². The number of hydrogen-bond acceptors (Lipinski definition) is 1. The normalized spacial score (nSPS) is 38.8. The molecule has 0 aromatic rings. The molecule has 1 saturated carbocycles. The van der Waals surface area contributed by atoms with Crippen molar-refractivity contribution in [2.75, 3.05) is 0 Å². The molecule has 1 aliphatic rings. The molecule has 20 heavy (non-hydrogen) atoms. The van der Waals surface area contributed by atoms with Crippen molar-refractivity contribution in [2.24, 2.45) is 0 Å². The minimum absolute atomic E-state index is 3.67. The zero-order valence-corrected chi connectivity index (χ0v) is 9.20. The van der Waals surface area contributed by atoms with Crippen LogP contribution in [0.15, 0.2) is 0 Å². The Morgan fingerprint density at radius 1 is 0.750 bits per heavy atom. The maximum Gasteiger partial charge on any atom is 0.432 e. The van der Waals surface area contributed by atoms with Crippen LogP contribution in [-0.2, 0) is 4.79 Å². The lowest BCUT2D eigenvalue weighted by Gasteiger charge is -2.34. The van der Waals surface area contributed by atoms with E-state index in [-0.39, 0.29) is 0 Å². The summed E-state index contributed by atoms with van der Waals surface area (Å²) in [6.07, 6.45) is -7.28. The smallest absolute Gasteiger partial charge is 0.277 e. The van der Waals surface area contributed by atoms with Gasteiger partial charge in [0, 0.05) is 0 Å². The molecule has 2 unspecified atom stereocenters. The second kappa shape index (κ2) is 3.69. The van der Waals surface area contributed by atoms with Crippen LogP contribution < -0.4 is 0 Å². The topological polar surface area (TPSA) is 17.1 Å². The molecule has 0 N–H and O–H groups in total. The monoisotopic (exact) mass is 344 g/mol. The molecule has 13 heteroatoms. The van der Waals surface area contributed by atoms with Gasteiger partial charge in [-0.3, -0.25) is 4.79 Å². The van der Waals surface area contributed by atoms with Crippen molar-refractivity contribution in [1.29, 1.82) is 0 Å². The number of carbonyl (C=O) groups excluding carboxylic acids is 1. The summed E-state index contributed by atoms with van der Waals surface area (Å²) in [6.45, 7) is 0. The van der Waals surface area contributed by atoms with E-state index < -0.39 is 40.5 Å². The highest BCUT2D eigenvalue weighted by molar-refractivity contribution is 6.66. The lowest BCUT2D eigenvalue weighted by Crippen LogP contribution is -2.67. The zero-order chi connectivity index (χ0) is 16.6. The summed E-state index contributed by atoms with van der Waals surface area (Å²) in [5.41, 5.74) is -13.9. The fraction of sp³-hybridized carbons (Fsp3) is 0.857. The number of hydrogen-bond donors (Lipinski definition) is 0. The van der Waals surface area contributed by atoms with Crippen LogP contribution in [-0.4, -0.2) is 40.5 Å². The minimum atomic E-state index is -7.28. The van der Waals surface area contributed by atoms with Gasteiger partial charge in [-0.2, -0.15) is 39.5 Å². The van der Waals surface area contributed by atoms with Gasteiger partial charge in [0.1, 0.15) is 0 Å². The summed E-state index contributed by atoms with van der Waals surface area (Å²) < 4.78 is 140. The van der Waals surface area contributed by atoms with Crippen LogP contribution in [0.5, 0.6) is 0 Å². The Morgan fingerprint density at radius 3 is 1.30 bits per heavy atom. The summed E-state index contributed by atoms with van der Waals surface area (Å²) in [6, 6.07) is 0. The average molecular weight is 345 g/mol. The van der Waals surface area contributed by atoms with Gasteiger partial charge in [-0.15, -0.1) is 0 Å². The van der Waals surface area contributed by atoms with Crippen LogP contribution in [0.3, 0.4) is 0 Å². The molecule has 1 aliphatic carbocycles. The molecule has 0 spiro atoms. The first-order valence-electron chi connectivity index (χ1n) is 4.22. The van der Waals surface area contributed by atoms with E-state index in [0.29, 0.717) is 0 Å². The summed E-state index contributed by atoms with van der Waals surface area (Å²) in [7, 11) is 0. The Morgan fingerprint density at radius 2 is 1.10 bits per heavy atom. The van der Waals surface area contributed by atoms with E-state index in [1.54, 1.807) is 0 Å². The van der Waals surface area contributed by atoms with Gasteiger partial charge in [0.15, 0.2) is 0 Å². The highest BCUT2D eigenvalue weighted by atomic mass is 35.5. The Labute approximate surface area is 106 Å². The molecule has 0 bridgehead atoms. The first-order chi connectivity index (χ1) is 8.44. The Hall–Kier alpha value is -0.810. The van der Waals surface area contributed by atoms with Crippen molar-refractivity contribution in [3.05, 3.63) is 0 Å². The van der Waals surface area contributed by atoms with E-state index in [4.69, 9.17) is 0 Å². The molecule has 0 amide bonds. The van der Waals surface area contributed by atoms with Crippen LogP contribution in [0.4, 0.5) is 48.3 Å². The average Bonchev–Trinajstić information content (AvgIpc) is 2.28. The minimum Gasteiger partial charge on any atom is -0.277 e. The van der Waals surface area contributed by atoms with Gasteiger partial charge in [0.25, 0.3) is 5.24 Å². The molecule has 0 aliphatic heterocycles. The summed E-state index contributed by atoms with van der Waals surface area (Å²) in [5, 5.41) is -3.67. The third-order valence-electron chi connectivity index (χ3n) is 2.79. The maximum atomic E-state index is 13.5. The molecule has 0 aromatic heterocycles. The van der Waals surface area contributed by atoms with Crippen molar-refractivity contribution in [2.45, 2.75) is 35.3 Å². The molecular formula is C7ClF11O. The van der Waals surface area contributed by atoms with E-state index >= 15 is 0 Å². The fourth-order valence-corrected chi connectivity index (χ4v) is 1.94. The van der Waals surface area contributed by atoms with Crippen LogP contribution in [0.1, 0.15) is 0 Å². The molecule has 0 radical (unpaired) electrons. The number of rotatable bonds is 1. The van der Waals surface area contributed by atoms with Crippen molar-refractivity contribution >= 4 is 16.8 Å². The van der Waals surface area contributed by atoms with E-state index in [1.165, 1.54) is 0 Å². The highest BCUT2D eigenvalue weighted by Gasteiger charge is 3.06. The molecule has 0 aromatic carbocycles. The van der Waals surface area contributed by atoms with Gasteiger partial charge in [-0.1, -0.05) is 0 Å². The standard InChI is InChI=1S/C7ClF11O/c8-1(20)2(9)3(10,7(17,18)19)5(13,14)6(15,16)4(2,11)12. The molecule has 1 nitrogen and oxygen atoms in total. The highest BCUT2D eigenvalue weighted by Crippen LogP contribution is 2.72. The maximum absolute atomic E-state index is 13.5. The van der Waals surface area contributed by atoms with Crippen LogP contribution in [0.25, 0.3) is 0 Å². The third kappa shape index (κ3) is 1.29. The Kier molecular flexibility index (Phi) is 3.18. The molecule has 2 atom stereocenters. The van der Waals surface area contributed by atoms with Crippen molar-refractivity contribution in [3.8, 4) is 0 Å². The largest absolute Gasteiger partial charge is 0.432 e. The molecule has 118 valence electrons. The number of halogens is 12. The summed E-state index contributed by atoms with van der Waals surface area (Å²) >= 11 is 3.95. The zero-order valence-electron chi connectivity index (χ0n) is 8.44. The second-order valence-electron chi connectivity index (χ2n) is 3.81. The third-order valence-corrected chi connectivity index (χ3v) is 3.05. The quantitative estimate of drug-likeness (QED) is 0.524. The van der Waals surface area contributed by atoms with Gasteiger partial charge in [0.2, 0.25) is 0 Å². The van der Waals surface area contributed by atoms with Crippen molar-refractivity contribution in [1.82, 2.24) is 0 Å². The molecular weight excluding hydrogens is 345 g/mol. The van der Waals surface area contributed by atoms with E-state index in [9.17, 15) is 53.1 Å². The summed E-state index contributed by atoms with van der Waals surface area (Å²) in [5.74, 6) is -21.5. The first kappa shape index (κ1) is 17.2. The van der Waals surface area contributed by atoms with Gasteiger partial charge in [0.05, 0.1) is 0 Å². The van der Waals surface area contributed by atoms with Crippen LogP contribution in [0, 0.1) is 0 Å². The fourth-order valence-electron chi connectivity index (χ4n) is 1.69. The Balaban J connectivity index is 3.94. The first-order valence-corrected chi connectivity index (χ1v) is 4.60. The van der Waals surface area contributed by atoms with Crippen LogP contribution in [0.2, 0.25) is 0 Å². The lowest BCUT2D eigenvalue weighted by atomic mass is 9.86. The molecule has 1 fully saturated rings.